The van der Waals surface area contributed by atoms with Gasteiger partial charge in [-0.15, -0.1) is 0 Å². The van der Waals surface area contributed by atoms with E-state index in [0.717, 1.165) is 22.9 Å². The van der Waals surface area contributed by atoms with Gasteiger partial charge in [0.15, 0.2) is 6.61 Å². The molecule has 0 spiro atoms. The van der Waals surface area contributed by atoms with Crippen LogP contribution in [-0.4, -0.2) is 18.5 Å². The van der Waals surface area contributed by atoms with Crippen LogP contribution in [-0.2, 0) is 14.3 Å². The van der Waals surface area contributed by atoms with E-state index in [-0.39, 0.29) is 24.4 Å². The van der Waals surface area contributed by atoms with Gasteiger partial charge < -0.3 is 10.1 Å². The average Bonchev–Trinajstić information content (AvgIpc) is 3.22. The molecular weight excluding hydrogens is 266 g/mol. The SMILES string of the molecule is C[C@@H]1C[C@H]1C(=O)OCC(=O)Nc1cccc2ccccc12. The molecule has 1 saturated carbocycles. The highest BCUT2D eigenvalue weighted by Gasteiger charge is 2.40. The van der Waals surface area contributed by atoms with Gasteiger partial charge in [0.05, 0.1) is 5.92 Å². The second-order valence-electron chi connectivity index (χ2n) is 5.50. The van der Waals surface area contributed by atoms with Gasteiger partial charge in [0.1, 0.15) is 0 Å². The third-order valence-corrected chi connectivity index (χ3v) is 3.82. The van der Waals surface area contributed by atoms with Gasteiger partial charge >= 0.3 is 5.97 Å². The van der Waals surface area contributed by atoms with Crippen LogP contribution in [0.4, 0.5) is 5.69 Å². The fraction of sp³-hybridized carbons (Fsp3) is 0.294. The zero-order chi connectivity index (χ0) is 14.8. The van der Waals surface area contributed by atoms with Gasteiger partial charge in [-0.2, -0.15) is 0 Å². The molecule has 0 unspecified atom stereocenters. The van der Waals surface area contributed by atoms with Crippen LogP contribution in [0.25, 0.3) is 10.8 Å². The van der Waals surface area contributed by atoms with Crippen molar-refractivity contribution in [3.63, 3.8) is 0 Å². The molecule has 4 heteroatoms. The van der Waals surface area contributed by atoms with E-state index in [1.807, 2.05) is 49.4 Å². The number of nitrogens with one attached hydrogen (secondary N) is 1. The first-order valence-electron chi connectivity index (χ1n) is 7.09. The van der Waals surface area contributed by atoms with Gasteiger partial charge in [0, 0.05) is 11.1 Å². The quantitative estimate of drug-likeness (QED) is 0.878. The van der Waals surface area contributed by atoms with E-state index >= 15 is 0 Å². The van der Waals surface area contributed by atoms with E-state index in [9.17, 15) is 9.59 Å². The first kappa shape index (κ1) is 13.6. The average molecular weight is 283 g/mol. The third kappa shape index (κ3) is 3.05. The van der Waals surface area contributed by atoms with Crippen molar-refractivity contribution in [1.29, 1.82) is 0 Å². The molecule has 0 saturated heterocycles. The van der Waals surface area contributed by atoms with Crippen LogP contribution < -0.4 is 5.32 Å². The van der Waals surface area contributed by atoms with Crippen LogP contribution in [0.15, 0.2) is 42.5 Å². The lowest BCUT2D eigenvalue weighted by molar-refractivity contribution is -0.148. The Kier molecular flexibility index (Phi) is 3.60. The summed E-state index contributed by atoms with van der Waals surface area (Å²) in [6.07, 6.45) is 0.865. The van der Waals surface area contributed by atoms with Crippen molar-refractivity contribution in [2.24, 2.45) is 11.8 Å². The summed E-state index contributed by atoms with van der Waals surface area (Å²) in [6, 6.07) is 13.5. The second-order valence-corrected chi connectivity index (χ2v) is 5.50. The van der Waals surface area contributed by atoms with Crippen molar-refractivity contribution in [2.75, 3.05) is 11.9 Å². The number of amides is 1. The number of rotatable bonds is 4. The summed E-state index contributed by atoms with van der Waals surface area (Å²) in [4.78, 5) is 23.5. The Morgan fingerprint density at radius 1 is 1.19 bits per heavy atom. The number of hydrogen-bond donors (Lipinski definition) is 1. The maximum Gasteiger partial charge on any atom is 0.309 e. The summed E-state index contributed by atoms with van der Waals surface area (Å²) in [7, 11) is 0. The Morgan fingerprint density at radius 3 is 2.67 bits per heavy atom. The molecule has 3 rings (SSSR count). The maximum absolute atomic E-state index is 11.9. The van der Waals surface area contributed by atoms with E-state index in [1.54, 1.807) is 0 Å². The van der Waals surface area contributed by atoms with Gasteiger partial charge in [0.25, 0.3) is 5.91 Å². The van der Waals surface area contributed by atoms with E-state index in [1.165, 1.54) is 0 Å². The normalized spacial score (nSPS) is 20.0. The maximum atomic E-state index is 11.9. The van der Waals surface area contributed by atoms with Crippen molar-refractivity contribution in [2.45, 2.75) is 13.3 Å². The molecule has 0 aromatic heterocycles. The molecule has 1 aliphatic carbocycles. The fourth-order valence-electron chi connectivity index (χ4n) is 2.41. The first-order valence-corrected chi connectivity index (χ1v) is 7.09. The molecule has 0 radical (unpaired) electrons. The minimum absolute atomic E-state index is 0.0182. The largest absolute Gasteiger partial charge is 0.455 e. The van der Waals surface area contributed by atoms with Crippen molar-refractivity contribution >= 4 is 28.3 Å². The molecule has 2 aromatic carbocycles. The Labute approximate surface area is 123 Å². The van der Waals surface area contributed by atoms with Gasteiger partial charge in [-0.3, -0.25) is 9.59 Å². The van der Waals surface area contributed by atoms with Gasteiger partial charge in [-0.1, -0.05) is 43.3 Å². The summed E-state index contributed by atoms with van der Waals surface area (Å²) in [5.74, 6) is -0.211. The molecule has 1 amide bonds. The smallest absolute Gasteiger partial charge is 0.309 e. The molecule has 1 fully saturated rings. The molecule has 2 atom stereocenters. The molecule has 0 heterocycles. The summed E-state index contributed by atoms with van der Waals surface area (Å²) in [5.41, 5.74) is 0.730. The van der Waals surface area contributed by atoms with Crippen LogP contribution in [0.3, 0.4) is 0 Å². The van der Waals surface area contributed by atoms with Crippen molar-refractivity contribution in [3.8, 4) is 0 Å². The number of esters is 1. The van der Waals surface area contributed by atoms with Gasteiger partial charge in [-0.25, -0.2) is 0 Å². The van der Waals surface area contributed by atoms with E-state index in [2.05, 4.69) is 5.32 Å². The van der Waals surface area contributed by atoms with Crippen LogP contribution in [0, 0.1) is 11.8 Å². The van der Waals surface area contributed by atoms with Crippen molar-refractivity contribution < 1.29 is 14.3 Å². The molecule has 0 bridgehead atoms. The second kappa shape index (κ2) is 5.56. The standard InChI is InChI=1S/C17H17NO3/c1-11-9-14(11)17(20)21-10-16(19)18-15-8-4-6-12-5-2-3-7-13(12)15/h2-8,11,14H,9-10H2,1H3,(H,18,19)/t11-,14-/m1/s1. The summed E-state index contributed by atoms with van der Waals surface area (Å²) in [5, 5.41) is 4.82. The molecular formula is C17H17NO3. The van der Waals surface area contributed by atoms with E-state index < -0.39 is 0 Å². The summed E-state index contributed by atoms with van der Waals surface area (Å²) in [6.45, 7) is 1.77. The third-order valence-electron chi connectivity index (χ3n) is 3.82. The zero-order valence-corrected chi connectivity index (χ0v) is 11.8. The van der Waals surface area contributed by atoms with E-state index in [0.29, 0.717) is 5.92 Å². The van der Waals surface area contributed by atoms with Crippen LogP contribution in [0.2, 0.25) is 0 Å². The summed E-state index contributed by atoms with van der Waals surface area (Å²) < 4.78 is 5.03. The zero-order valence-electron chi connectivity index (χ0n) is 11.8. The number of hydrogen-bond acceptors (Lipinski definition) is 3. The molecule has 2 aromatic rings. The number of ether oxygens (including phenoxy) is 1. The number of carbonyl (C=O) groups excluding carboxylic acids is 2. The van der Waals surface area contributed by atoms with E-state index in [4.69, 9.17) is 4.74 Å². The lowest BCUT2D eigenvalue weighted by Crippen LogP contribution is -2.21. The van der Waals surface area contributed by atoms with Gasteiger partial charge in [0.2, 0.25) is 0 Å². The lowest BCUT2D eigenvalue weighted by atomic mass is 10.1. The minimum atomic E-state index is -0.312. The highest BCUT2D eigenvalue weighted by atomic mass is 16.5. The molecule has 1 N–H and O–H groups in total. The van der Waals surface area contributed by atoms with Crippen molar-refractivity contribution in [3.05, 3.63) is 42.5 Å². The van der Waals surface area contributed by atoms with Crippen LogP contribution in [0.5, 0.6) is 0 Å². The number of carbonyl (C=O) groups is 2. The Hall–Kier alpha value is -2.36. The predicted octanol–water partition coefficient (Wildman–Crippen LogP) is 2.98. The van der Waals surface area contributed by atoms with Crippen LogP contribution in [0.1, 0.15) is 13.3 Å². The Bertz CT molecular complexity index is 690. The fourth-order valence-corrected chi connectivity index (χ4v) is 2.41. The first-order chi connectivity index (χ1) is 10.1. The summed E-state index contributed by atoms with van der Waals surface area (Å²) >= 11 is 0. The highest BCUT2D eigenvalue weighted by Crippen LogP contribution is 2.38. The topological polar surface area (TPSA) is 55.4 Å². The predicted molar refractivity (Wildman–Crippen MR) is 80.8 cm³/mol. The lowest BCUT2D eigenvalue weighted by Gasteiger charge is -2.09. The molecule has 1 aliphatic rings. The van der Waals surface area contributed by atoms with Gasteiger partial charge in [-0.05, 0) is 23.8 Å². The molecule has 108 valence electrons. The molecule has 4 nitrogen and oxygen atoms in total. The number of anilines is 1. The number of fused-ring (bicyclic) bond motifs is 1. The van der Waals surface area contributed by atoms with Crippen LogP contribution >= 0.6 is 0 Å². The minimum Gasteiger partial charge on any atom is -0.455 e. The van der Waals surface area contributed by atoms with Crippen molar-refractivity contribution in [1.82, 2.24) is 0 Å². The molecule has 21 heavy (non-hydrogen) atoms. The Morgan fingerprint density at radius 2 is 1.90 bits per heavy atom. The Balaban J connectivity index is 1.62. The monoisotopic (exact) mass is 283 g/mol. The highest BCUT2D eigenvalue weighted by molar-refractivity contribution is 6.02. The number of benzene rings is 2. The molecule has 0 aliphatic heterocycles.